The molecule has 0 fully saturated rings. The summed E-state index contributed by atoms with van der Waals surface area (Å²) in [5.74, 6) is 0.523. The number of thiophene rings is 1. The minimum atomic E-state index is -0.125. The normalized spacial score (nSPS) is 10.6. The molecule has 0 bridgehead atoms. The zero-order valence-electron chi connectivity index (χ0n) is 59.6. The second-order valence-electron chi connectivity index (χ2n) is 25.4. The molecule has 12 heteroatoms. The number of carbonyl (C=O) groups is 1. The number of aromatic nitrogens is 5. The molecule has 0 aliphatic rings. The zero-order valence-corrected chi connectivity index (χ0v) is 67.6. The predicted molar refractivity (Wildman–Crippen MR) is 420 cm³/mol. The van der Waals surface area contributed by atoms with Gasteiger partial charge in [0.15, 0.2) is 5.78 Å². The van der Waals surface area contributed by atoms with E-state index >= 15 is 0 Å². The van der Waals surface area contributed by atoms with Gasteiger partial charge in [-0.25, -0.2) is 0 Å². The van der Waals surface area contributed by atoms with Crippen LogP contribution < -0.4 is 0 Å². The van der Waals surface area contributed by atoms with E-state index in [4.69, 9.17) is 14.5 Å². The van der Waals surface area contributed by atoms with Gasteiger partial charge >= 0.3 is 0 Å². The molecule has 3 radical (unpaired) electrons. The molecule has 0 amide bonds. The summed E-state index contributed by atoms with van der Waals surface area (Å²) >= 11 is 1.82. The van der Waals surface area contributed by atoms with Gasteiger partial charge in [-0.05, 0) is 157 Å². The van der Waals surface area contributed by atoms with Crippen molar-refractivity contribution in [2.45, 2.75) is 75.7 Å². The maximum Gasteiger partial charge on any atom is 0.155 e. The zero-order chi connectivity index (χ0) is 70.8. The Balaban J connectivity index is 0.000000163. The smallest absolute Gasteiger partial charge is 0.155 e. The number of furan rings is 1. The van der Waals surface area contributed by atoms with Gasteiger partial charge in [-0.15, -0.1) is 154 Å². The second-order valence-corrected chi connectivity index (χ2v) is 26.5. The van der Waals surface area contributed by atoms with Crippen molar-refractivity contribution in [2.75, 3.05) is 0 Å². The van der Waals surface area contributed by atoms with Gasteiger partial charge in [0.1, 0.15) is 5.58 Å². The van der Waals surface area contributed by atoms with Crippen molar-refractivity contribution >= 4 is 70.1 Å². The molecule has 16 rings (SSSR count). The van der Waals surface area contributed by atoms with Crippen molar-refractivity contribution in [3.05, 3.63) is 342 Å². The summed E-state index contributed by atoms with van der Waals surface area (Å²) in [4.78, 5) is 32.5. The maximum atomic E-state index is 10.0. The number of ketones is 1. The molecule has 527 valence electrons. The number of rotatable bonds is 9. The summed E-state index contributed by atoms with van der Waals surface area (Å²) in [5, 5.41) is 14.5. The summed E-state index contributed by atoms with van der Waals surface area (Å²) in [6, 6.07) is 97.1. The summed E-state index contributed by atoms with van der Waals surface area (Å²) < 4.78 is 8.42. The van der Waals surface area contributed by atoms with Crippen LogP contribution in [0, 0.1) is 77.8 Å². The van der Waals surface area contributed by atoms with Gasteiger partial charge in [0, 0.05) is 107 Å². The Morgan fingerprint density at radius 1 is 0.452 bits per heavy atom. The average molecular weight is 1910 g/mol. The van der Waals surface area contributed by atoms with Gasteiger partial charge in [0.05, 0.1) is 16.9 Å². The second kappa shape index (κ2) is 38.6. The van der Waals surface area contributed by atoms with Crippen LogP contribution in [0.2, 0.25) is 0 Å². The number of fused-ring (bicyclic) bond motifs is 7. The van der Waals surface area contributed by atoms with E-state index in [1.807, 2.05) is 147 Å². The van der Waals surface area contributed by atoms with Crippen LogP contribution in [0.25, 0.3) is 120 Å². The van der Waals surface area contributed by atoms with E-state index in [1.165, 1.54) is 90.0 Å². The third kappa shape index (κ3) is 21.9. The Morgan fingerprint density at radius 2 is 1.03 bits per heavy atom. The van der Waals surface area contributed by atoms with Crippen LogP contribution in [0.4, 0.5) is 0 Å². The number of aryl methyl sites for hydroxylation is 6. The fourth-order valence-electron chi connectivity index (χ4n) is 11.5. The maximum absolute atomic E-state index is 10.0. The molecule has 16 aromatic rings. The molecular weight excluding hydrogens is 1830 g/mol. The number of para-hydroxylation sites is 1. The molecule has 0 saturated carbocycles. The molecule has 1 N–H and O–H groups in total. The third-order valence-corrected chi connectivity index (χ3v) is 17.4. The Labute approximate surface area is 655 Å². The van der Waals surface area contributed by atoms with Crippen molar-refractivity contribution in [1.82, 2.24) is 24.9 Å². The van der Waals surface area contributed by atoms with E-state index in [2.05, 4.69) is 231 Å². The van der Waals surface area contributed by atoms with Crippen LogP contribution in [0.1, 0.15) is 66.6 Å². The number of nitrogens with zero attached hydrogens (tertiary/aromatic N) is 5. The molecule has 7 heterocycles. The number of hydrogen-bond acceptors (Lipinski definition) is 9. The molecule has 0 aliphatic heterocycles. The Kier molecular flexibility index (Phi) is 29.7. The predicted octanol–water partition coefficient (Wildman–Crippen LogP) is 23.9. The van der Waals surface area contributed by atoms with E-state index in [0.29, 0.717) is 5.92 Å². The Bertz CT molecular complexity index is 5230. The van der Waals surface area contributed by atoms with Crippen LogP contribution in [0.15, 0.2) is 278 Å². The average Bonchev–Trinajstić information content (AvgIpc) is 1.26. The molecule has 7 aromatic heterocycles. The number of aliphatic hydroxyl groups is 1. The number of allylic oxidation sites excluding steroid dienone is 2. The standard InChI is InChI=1S/C27H26N.C18H12NO.C18H12NS.2C12H10N.C5H8O2.3Ir/c1-18(2)12-23-17-27(24-14-19(3)13-20(4)15-24)28-26-11-10-22(16-25(23)26)21-8-6-5-7-9-21;2*1-12-8-9-19-16(10-12)13-6-7-18-15(11-13)14-4-2-3-5-17(14)20-18;2*1-10-7-8-12(13-9-10)11-5-3-2-4-6-11;1-4(6)3-5(2)7;;;/h5-11,13-14,16-18H,12H2,1-4H3;2*2-5,7-11H,1H3;2*2-5,7-9H,1H3;3,6H,1-2H3;;;/q5*-1;;;;. The first kappa shape index (κ1) is 79.9. The third-order valence-electron chi connectivity index (χ3n) is 16.3. The minimum absolute atomic E-state index is 0. The first-order chi connectivity index (χ1) is 49.0. The number of aliphatic hydroxyl groups excluding tert-OH is 1. The van der Waals surface area contributed by atoms with Crippen molar-refractivity contribution in [3.8, 4) is 67.4 Å². The summed E-state index contributed by atoms with van der Waals surface area (Å²) in [7, 11) is 0. The van der Waals surface area contributed by atoms with E-state index in [9.17, 15) is 4.79 Å². The van der Waals surface area contributed by atoms with E-state index in [0.717, 1.165) is 95.7 Å². The van der Waals surface area contributed by atoms with E-state index in [-0.39, 0.29) is 71.9 Å². The molecule has 0 aliphatic carbocycles. The van der Waals surface area contributed by atoms with Gasteiger partial charge in [0.25, 0.3) is 0 Å². The van der Waals surface area contributed by atoms with Crippen molar-refractivity contribution < 1.29 is 74.6 Å². The van der Waals surface area contributed by atoms with Crippen LogP contribution in [0.5, 0.6) is 0 Å². The van der Waals surface area contributed by atoms with Gasteiger partial charge in [0.2, 0.25) is 0 Å². The molecule has 0 spiro atoms. The van der Waals surface area contributed by atoms with E-state index < -0.39 is 0 Å². The Morgan fingerprint density at radius 3 is 1.58 bits per heavy atom. The van der Waals surface area contributed by atoms with Crippen molar-refractivity contribution in [1.29, 1.82) is 0 Å². The topological polar surface area (TPSA) is 115 Å². The molecule has 0 unspecified atom stereocenters. The number of carbonyl (C=O) groups excluding carboxylic acids is 1. The molecular formula is C92H78Ir3N5O3S-5. The largest absolute Gasteiger partial charge is 0.512 e. The fourth-order valence-corrected chi connectivity index (χ4v) is 12.6. The fraction of sp³-hybridized carbons (Fsp3) is 0.130. The molecule has 0 atom stereocenters. The Hall–Kier alpha value is -9.83. The van der Waals surface area contributed by atoms with E-state index in [1.54, 1.807) is 0 Å². The summed E-state index contributed by atoms with van der Waals surface area (Å²) in [6.07, 6.45) is 9.63. The van der Waals surface area contributed by atoms with Crippen LogP contribution in [-0.4, -0.2) is 35.8 Å². The van der Waals surface area contributed by atoms with Crippen LogP contribution in [0.3, 0.4) is 0 Å². The van der Waals surface area contributed by atoms with Crippen molar-refractivity contribution in [2.24, 2.45) is 5.92 Å². The molecule has 104 heavy (non-hydrogen) atoms. The quantitative estimate of drug-likeness (QED) is 0.0863. The number of hydrogen-bond donors (Lipinski definition) is 1. The monoisotopic (exact) mass is 1910 g/mol. The van der Waals surface area contributed by atoms with Crippen molar-refractivity contribution in [3.63, 3.8) is 0 Å². The summed E-state index contributed by atoms with van der Waals surface area (Å²) in [6.45, 7) is 19.8. The minimum Gasteiger partial charge on any atom is -0.512 e. The van der Waals surface area contributed by atoms with Crippen LogP contribution >= 0.6 is 11.3 Å². The van der Waals surface area contributed by atoms with Crippen LogP contribution in [-0.2, 0) is 71.5 Å². The first-order valence-electron chi connectivity index (χ1n) is 33.7. The molecule has 8 nitrogen and oxygen atoms in total. The van der Waals surface area contributed by atoms with Gasteiger partial charge in [-0.1, -0.05) is 165 Å². The number of benzene rings is 9. The number of pyridine rings is 5. The SMILES string of the molecule is CC(=O)C=C(C)O.Cc1[c-]c(-c2cc(CC(C)C)c3cc(-c4ccccc4)ccc3n2)cc(C)c1.Cc1ccc(-c2[c-]cccc2)nc1.Cc1ccc(-c2[c-]cccc2)nc1.Cc1ccnc(-c2[c-]cc3oc4ccccc4c3c2)c1.Cc1ccnc(-c2[c-]cc3sc4ccccc4c3c2)c1.[Ir].[Ir].[Ir]. The summed E-state index contributed by atoms with van der Waals surface area (Å²) in [5.41, 5.74) is 24.0. The van der Waals surface area contributed by atoms with Gasteiger partial charge < -0.3 is 29.5 Å². The van der Waals surface area contributed by atoms with Gasteiger partial charge in [-0.2, -0.15) is 11.3 Å². The van der Waals surface area contributed by atoms with Gasteiger partial charge in [-0.3, -0.25) is 9.78 Å². The molecule has 9 aromatic carbocycles. The molecule has 0 saturated heterocycles. The first-order valence-corrected chi connectivity index (χ1v) is 34.5.